The van der Waals surface area contributed by atoms with Gasteiger partial charge in [-0.3, -0.25) is 4.79 Å². The van der Waals surface area contributed by atoms with Crippen LogP contribution in [0, 0.1) is 0 Å². The summed E-state index contributed by atoms with van der Waals surface area (Å²) in [5.41, 5.74) is 5.38. The molecule has 0 saturated heterocycles. The molecule has 1 rings (SSSR count). The van der Waals surface area contributed by atoms with E-state index in [1.807, 2.05) is 6.92 Å². The van der Waals surface area contributed by atoms with Gasteiger partial charge in [-0.2, -0.15) is 0 Å². The van der Waals surface area contributed by atoms with Crippen LogP contribution in [0.15, 0.2) is 0 Å². The minimum Gasteiger partial charge on any atom is -0.368 e. The number of hydrogen-bond donors (Lipinski definition) is 2. The zero-order chi connectivity index (χ0) is 12.7. The molecule has 100 valence electrons. The van der Waals surface area contributed by atoms with Crippen LogP contribution < -0.4 is 11.1 Å². The first-order valence-electron chi connectivity index (χ1n) is 6.95. The van der Waals surface area contributed by atoms with E-state index in [9.17, 15) is 4.79 Å². The minimum absolute atomic E-state index is 0.164. The molecule has 0 bridgehead atoms. The first-order chi connectivity index (χ1) is 8.19. The van der Waals surface area contributed by atoms with E-state index in [-0.39, 0.29) is 11.9 Å². The fourth-order valence-corrected chi connectivity index (χ4v) is 2.16. The van der Waals surface area contributed by atoms with Crippen molar-refractivity contribution in [2.75, 3.05) is 19.6 Å². The van der Waals surface area contributed by atoms with Crippen LogP contribution in [-0.2, 0) is 4.79 Å². The number of unbranched alkanes of at least 4 members (excludes halogenated alkanes) is 1. The molecule has 0 aromatic rings. The summed E-state index contributed by atoms with van der Waals surface area (Å²) in [5.74, 6) is -0.224. The highest BCUT2D eigenvalue weighted by Crippen LogP contribution is 2.27. The summed E-state index contributed by atoms with van der Waals surface area (Å²) in [6.07, 6.45) is 5.97. The molecule has 0 aromatic heterocycles. The van der Waals surface area contributed by atoms with Crippen molar-refractivity contribution in [1.29, 1.82) is 0 Å². The molecule has 0 aromatic carbocycles. The summed E-state index contributed by atoms with van der Waals surface area (Å²) < 4.78 is 0. The molecule has 0 heterocycles. The number of amides is 1. The molecule has 0 radical (unpaired) electrons. The standard InChI is InChI=1S/C13H27N3O/c1-3-5-9-16(11-6-7-11)10-8-12(13(14)17)15-4-2/h11-12,15H,3-10H2,1-2H3,(H2,14,17). The van der Waals surface area contributed by atoms with Crippen molar-refractivity contribution in [3.05, 3.63) is 0 Å². The zero-order valence-electron chi connectivity index (χ0n) is 11.2. The molecule has 1 fully saturated rings. The molecule has 1 aliphatic carbocycles. The van der Waals surface area contributed by atoms with Crippen LogP contribution in [0.1, 0.15) is 46.0 Å². The minimum atomic E-state index is -0.224. The van der Waals surface area contributed by atoms with Gasteiger partial charge in [0.25, 0.3) is 0 Å². The molecular weight excluding hydrogens is 214 g/mol. The number of nitrogens with one attached hydrogen (secondary N) is 1. The molecule has 1 unspecified atom stereocenters. The van der Waals surface area contributed by atoms with Crippen LogP contribution in [0.4, 0.5) is 0 Å². The van der Waals surface area contributed by atoms with Gasteiger partial charge in [-0.25, -0.2) is 0 Å². The van der Waals surface area contributed by atoms with E-state index >= 15 is 0 Å². The highest BCUT2D eigenvalue weighted by atomic mass is 16.1. The van der Waals surface area contributed by atoms with Crippen molar-refractivity contribution in [1.82, 2.24) is 10.2 Å². The number of carbonyl (C=O) groups excluding carboxylic acids is 1. The van der Waals surface area contributed by atoms with Gasteiger partial charge in [-0.15, -0.1) is 0 Å². The van der Waals surface area contributed by atoms with Gasteiger partial charge in [0, 0.05) is 12.6 Å². The van der Waals surface area contributed by atoms with E-state index in [0.29, 0.717) is 0 Å². The largest absolute Gasteiger partial charge is 0.368 e. The van der Waals surface area contributed by atoms with E-state index in [2.05, 4.69) is 17.1 Å². The topological polar surface area (TPSA) is 58.4 Å². The second-order valence-electron chi connectivity index (χ2n) is 4.92. The van der Waals surface area contributed by atoms with Crippen molar-refractivity contribution in [2.24, 2.45) is 5.73 Å². The first kappa shape index (κ1) is 14.5. The smallest absolute Gasteiger partial charge is 0.234 e. The molecule has 4 nitrogen and oxygen atoms in total. The maximum Gasteiger partial charge on any atom is 0.234 e. The van der Waals surface area contributed by atoms with Gasteiger partial charge in [0.1, 0.15) is 0 Å². The van der Waals surface area contributed by atoms with E-state index in [4.69, 9.17) is 5.73 Å². The Kier molecular flexibility index (Phi) is 6.52. The van der Waals surface area contributed by atoms with E-state index in [1.165, 1.54) is 32.2 Å². The molecule has 1 aliphatic rings. The predicted octanol–water partition coefficient (Wildman–Crippen LogP) is 1.10. The Bertz CT molecular complexity index is 229. The molecule has 0 aliphatic heterocycles. The van der Waals surface area contributed by atoms with Gasteiger partial charge in [0.2, 0.25) is 5.91 Å². The highest BCUT2D eigenvalue weighted by Gasteiger charge is 2.29. The number of hydrogen-bond acceptors (Lipinski definition) is 3. The van der Waals surface area contributed by atoms with Crippen molar-refractivity contribution in [3.63, 3.8) is 0 Å². The van der Waals surface area contributed by atoms with Gasteiger partial charge in [-0.05, 0) is 38.8 Å². The van der Waals surface area contributed by atoms with Gasteiger partial charge in [0.15, 0.2) is 0 Å². The maximum atomic E-state index is 11.2. The third-order valence-corrected chi connectivity index (χ3v) is 3.36. The van der Waals surface area contributed by atoms with Crippen LogP contribution in [-0.4, -0.2) is 42.5 Å². The van der Waals surface area contributed by atoms with Crippen LogP contribution in [0.25, 0.3) is 0 Å². The number of likely N-dealkylation sites (N-methyl/N-ethyl adjacent to an activating group) is 1. The normalized spacial score (nSPS) is 17.4. The van der Waals surface area contributed by atoms with Gasteiger partial charge in [-0.1, -0.05) is 20.3 Å². The van der Waals surface area contributed by atoms with Crippen molar-refractivity contribution >= 4 is 5.91 Å². The predicted molar refractivity (Wildman–Crippen MR) is 70.8 cm³/mol. The van der Waals surface area contributed by atoms with Gasteiger partial charge >= 0.3 is 0 Å². The third-order valence-electron chi connectivity index (χ3n) is 3.36. The fourth-order valence-electron chi connectivity index (χ4n) is 2.16. The second-order valence-corrected chi connectivity index (χ2v) is 4.92. The number of rotatable bonds is 10. The van der Waals surface area contributed by atoms with Crippen LogP contribution >= 0.6 is 0 Å². The molecule has 1 atom stereocenters. The van der Waals surface area contributed by atoms with E-state index in [1.54, 1.807) is 0 Å². The van der Waals surface area contributed by atoms with Crippen LogP contribution in [0.3, 0.4) is 0 Å². The van der Waals surface area contributed by atoms with Crippen molar-refractivity contribution < 1.29 is 4.79 Å². The second kappa shape index (κ2) is 7.67. The molecule has 1 saturated carbocycles. The SMILES string of the molecule is CCCCN(CCC(NCC)C(N)=O)C1CC1. The van der Waals surface area contributed by atoms with Crippen LogP contribution in [0.5, 0.6) is 0 Å². The maximum absolute atomic E-state index is 11.2. The first-order valence-corrected chi connectivity index (χ1v) is 6.95. The van der Waals surface area contributed by atoms with Crippen molar-refractivity contribution in [2.45, 2.75) is 58.0 Å². The Balaban J connectivity index is 2.30. The lowest BCUT2D eigenvalue weighted by Crippen LogP contribution is -2.44. The summed E-state index contributed by atoms with van der Waals surface area (Å²) in [5, 5.41) is 3.15. The van der Waals surface area contributed by atoms with Crippen molar-refractivity contribution in [3.8, 4) is 0 Å². The Morgan fingerprint density at radius 2 is 2.12 bits per heavy atom. The monoisotopic (exact) mass is 241 g/mol. The average Bonchev–Trinajstić information content (AvgIpc) is 3.11. The molecule has 0 spiro atoms. The molecule has 1 amide bonds. The number of nitrogens with two attached hydrogens (primary N) is 1. The number of nitrogens with zero attached hydrogens (tertiary/aromatic N) is 1. The van der Waals surface area contributed by atoms with E-state index < -0.39 is 0 Å². The lowest BCUT2D eigenvalue weighted by Gasteiger charge is -2.24. The molecule has 17 heavy (non-hydrogen) atoms. The summed E-state index contributed by atoms with van der Waals surface area (Å²) in [4.78, 5) is 13.8. The lowest BCUT2D eigenvalue weighted by molar-refractivity contribution is -0.120. The number of carbonyl (C=O) groups is 1. The zero-order valence-corrected chi connectivity index (χ0v) is 11.2. The van der Waals surface area contributed by atoms with Gasteiger partial charge < -0.3 is 16.0 Å². The lowest BCUT2D eigenvalue weighted by atomic mass is 10.1. The van der Waals surface area contributed by atoms with E-state index in [0.717, 1.165) is 25.6 Å². The summed E-state index contributed by atoms with van der Waals surface area (Å²) in [7, 11) is 0. The third kappa shape index (κ3) is 5.50. The van der Waals surface area contributed by atoms with Gasteiger partial charge in [0.05, 0.1) is 6.04 Å². The Hall–Kier alpha value is -0.610. The average molecular weight is 241 g/mol. The molecule has 3 N–H and O–H groups in total. The fraction of sp³-hybridized carbons (Fsp3) is 0.923. The quantitative estimate of drug-likeness (QED) is 0.602. The summed E-state index contributed by atoms with van der Waals surface area (Å²) in [6.45, 7) is 7.18. The Morgan fingerprint density at radius 1 is 1.41 bits per heavy atom. The Morgan fingerprint density at radius 3 is 2.59 bits per heavy atom. The summed E-state index contributed by atoms with van der Waals surface area (Å²) in [6, 6.07) is 0.611. The molecular formula is C13H27N3O. The molecule has 4 heteroatoms. The number of primary amides is 1. The summed E-state index contributed by atoms with van der Waals surface area (Å²) >= 11 is 0. The van der Waals surface area contributed by atoms with Crippen LogP contribution in [0.2, 0.25) is 0 Å². The Labute approximate surface area is 105 Å². The highest BCUT2D eigenvalue weighted by molar-refractivity contribution is 5.79.